The Morgan fingerprint density at radius 3 is 2.47 bits per heavy atom. The zero-order valence-corrected chi connectivity index (χ0v) is 21.1. The maximum absolute atomic E-state index is 14.5. The van der Waals surface area contributed by atoms with Gasteiger partial charge in [-0.1, -0.05) is 34.1 Å². The Balaban J connectivity index is 0.00000144. The van der Waals surface area contributed by atoms with E-state index in [1.165, 1.54) is 10.7 Å². The molecule has 0 amide bonds. The first-order valence-electron chi connectivity index (χ1n) is 8.94. The number of aromatic nitrogens is 7. The fourth-order valence-electron chi connectivity index (χ4n) is 3.04. The molecule has 0 spiro atoms. The molecule has 0 aliphatic rings. The van der Waals surface area contributed by atoms with Crippen LogP contribution in [0.15, 0.2) is 71.6 Å². The van der Waals surface area contributed by atoms with Crippen LogP contribution in [0.25, 0.3) is 39.9 Å². The van der Waals surface area contributed by atoms with Gasteiger partial charge in [-0.15, -0.1) is 10.8 Å². The average molecular weight is 651 g/mol. The van der Waals surface area contributed by atoms with Crippen LogP contribution in [-0.4, -0.2) is 35.1 Å². The summed E-state index contributed by atoms with van der Waals surface area (Å²) in [6.07, 6.45) is 4.87. The molecule has 8 nitrogen and oxygen atoms in total. The zero-order valence-electron chi connectivity index (χ0n) is 17.0. The Morgan fingerprint density at radius 1 is 0.969 bits per heavy atom. The van der Waals surface area contributed by atoms with Gasteiger partial charge in [0.1, 0.15) is 17.2 Å². The van der Waals surface area contributed by atoms with Crippen LogP contribution in [0, 0.1) is 51.3 Å². The minimum absolute atomic E-state index is 0. The summed E-state index contributed by atoms with van der Waals surface area (Å²) in [5.74, 6) is 0.0791. The molecule has 4 aromatic heterocycles. The van der Waals surface area contributed by atoms with Crippen LogP contribution in [0.4, 0.5) is 4.39 Å². The molecule has 1 aromatic carbocycles. The van der Waals surface area contributed by atoms with Gasteiger partial charge in [-0.2, -0.15) is 11.1 Å². The molecule has 0 N–H and O–H groups in total. The summed E-state index contributed by atoms with van der Waals surface area (Å²) >= 11 is 0. The summed E-state index contributed by atoms with van der Waals surface area (Å²) in [4.78, 5) is 12.6. The minimum Gasteiger partial charge on any atom is -0.358 e. The second-order valence-electron chi connectivity index (χ2n) is 6.34. The van der Waals surface area contributed by atoms with E-state index in [4.69, 9.17) is 4.52 Å². The van der Waals surface area contributed by atoms with Crippen LogP contribution in [0.3, 0.4) is 0 Å². The predicted molar refractivity (Wildman–Crippen MR) is 112 cm³/mol. The number of nitrogens with zero attached hydrogens (tertiary/aromatic N) is 7. The van der Waals surface area contributed by atoms with E-state index in [1.807, 2.05) is 0 Å². The van der Waals surface area contributed by atoms with E-state index in [0.717, 1.165) is 5.56 Å². The van der Waals surface area contributed by atoms with Gasteiger partial charge < -0.3 is 11.9 Å². The molecule has 10 heteroatoms. The van der Waals surface area contributed by atoms with Crippen molar-refractivity contribution in [1.29, 1.82) is 0 Å². The van der Waals surface area contributed by atoms with E-state index in [1.54, 1.807) is 61.1 Å². The van der Waals surface area contributed by atoms with Crippen molar-refractivity contribution in [3.8, 4) is 39.9 Å². The van der Waals surface area contributed by atoms with E-state index in [0.29, 0.717) is 28.5 Å². The van der Waals surface area contributed by atoms with Crippen LogP contribution in [0.1, 0.15) is 5.69 Å². The molecule has 0 bridgehead atoms. The van der Waals surface area contributed by atoms with Crippen molar-refractivity contribution < 1.29 is 40.0 Å². The molecule has 0 radical (unpaired) electrons. The van der Waals surface area contributed by atoms with Gasteiger partial charge >= 0.3 is 31.1 Å². The normalized spacial score (nSPS) is 10.3. The van der Waals surface area contributed by atoms with E-state index in [9.17, 15) is 4.39 Å². The average Bonchev–Trinajstić information content (AvgIpc) is 3.42. The number of rotatable bonds is 4. The molecule has 5 aromatic rings. The van der Waals surface area contributed by atoms with Crippen molar-refractivity contribution in [2.24, 2.45) is 0 Å². The fourth-order valence-corrected chi connectivity index (χ4v) is 3.04. The standard InChI is InChI=1S/C21H13FN7O.CH3.U/c1-13-12-15(8-11-24-13)20-25-21(30-27-20)18-19(14-6-9-23-10-7-14)29(28-26-18)17-5-3-2-4-16(17)22;;/h2-12H,1H2;1H3;/q2*-1;+2. The van der Waals surface area contributed by atoms with Crippen LogP contribution < -0.4 is 0 Å². The smallest absolute Gasteiger partial charge is 0.358 e. The molecule has 0 saturated carbocycles. The molecule has 0 saturated heterocycles. The molecule has 4 heterocycles. The number of benzene rings is 1. The summed E-state index contributed by atoms with van der Waals surface area (Å²) in [5.41, 5.74) is 3.09. The molecule has 0 atom stereocenters. The Kier molecular flexibility index (Phi) is 7.18. The molecule has 156 valence electrons. The van der Waals surface area contributed by atoms with E-state index >= 15 is 0 Å². The molecular weight excluding hydrogens is 635 g/mol. The molecule has 5 rings (SSSR count). The number of hydrogen-bond acceptors (Lipinski definition) is 7. The van der Waals surface area contributed by atoms with Gasteiger partial charge in [0.05, 0.1) is 0 Å². The fraction of sp³-hybridized carbons (Fsp3) is 0. The Hall–Kier alpha value is -3.35. The number of hydrogen-bond donors (Lipinski definition) is 0. The van der Waals surface area contributed by atoms with Gasteiger partial charge in [0.15, 0.2) is 11.5 Å². The Labute approximate surface area is 207 Å². The summed E-state index contributed by atoms with van der Waals surface area (Å²) in [5, 5.41) is 12.4. The number of para-hydroxylation sites is 1. The first-order chi connectivity index (χ1) is 14.7. The molecule has 0 unspecified atom stereocenters. The molecule has 32 heavy (non-hydrogen) atoms. The van der Waals surface area contributed by atoms with Crippen LogP contribution in [0.2, 0.25) is 0 Å². The number of pyridine rings is 2. The van der Waals surface area contributed by atoms with Gasteiger partial charge in [-0.3, -0.25) is 9.97 Å². The Bertz CT molecular complexity index is 1340. The van der Waals surface area contributed by atoms with Crippen molar-refractivity contribution in [3.63, 3.8) is 0 Å². The third-order valence-corrected chi connectivity index (χ3v) is 4.41. The SMILES string of the molecule is [CH2-]c1cc(-c2noc(-c3nnn(-c4ccccc4F)c3-c3ccncc3)n2)ccn1.[CH3-].[U+2]. The number of halogens is 1. The topological polar surface area (TPSA) is 95.4 Å². The minimum atomic E-state index is -0.435. The summed E-state index contributed by atoms with van der Waals surface area (Å²) in [6, 6.07) is 13.3. The van der Waals surface area contributed by atoms with Crippen LogP contribution in [-0.2, 0) is 0 Å². The van der Waals surface area contributed by atoms with E-state index < -0.39 is 5.82 Å². The largest absolute Gasteiger partial charge is 2.00 e. The van der Waals surface area contributed by atoms with Crippen LogP contribution in [0.5, 0.6) is 0 Å². The van der Waals surface area contributed by atoms with Gasteiger partial charge in [0.2, 0.25) is 0 Å². The molecule has 0 aliphatic carbocycles. The summed E-state index contributed by atoms with van der Waals surface area (Å²) in [6.45, 7) is 3.81. The monoisotopic (exact) mass is 651 g/mol. The van der Waals surface area contributed by atoms with Crippen LogP contribution >= 0.6 is 0 Å². The van der Waals surface area contributed by atoms with E-state index in [-0.39, 0.29) is 50.1 Å². The summed E-state index contributed by atoms with van der Waals surface area (Å²) in [7, 11) is 0. The second kappa shape index (κ2) is 9.85. The molecule has 0 fully saturated rings. The first-order valence-corrected chi connectivity index (χ1v) is 8.94. The third-order valence-electron chi connectivity index (χ3n) is 4.41. The van der Waals surface area contributed by atoms with Gasteiger partial charge in [-0.05, 0) is 24.3 Å². The third kappa shape index (κ3) is 4.33. The maximum Gasteiger partial charge on any atom is 2.00 e. The van der Waals surface area contributed by atoms with Crippen molar-refractivity contribution in [2.45, 2.75) is 0 Å². The molecular formula is C22H16FN7OU. The predicted octanol–water partition coefficient (Wildman–Crippen LogP) is 4.21. The van der Waals surface area contributed by atoms with Crippen molar-refractivity contribution >= 4 is 0 Å². The molecule has 0 aliphatic heterocycles. The van der Waals surface area contributed by atoms with Crippen molar-refractivity contribution in [1.82, 2.24) is 35.1 Å². The van der Waals surface area contributed by atoms with Crippen molar-refractivity contribution in [3.05, 3.63) is 93.0 Å². The van der Waals surface area contributed by atoms with Crippen molar-refractivity contribution in [2.75, 3.05) is 0 Å². The quantitative estimate of drug-likeness (QED) is 0.269. The zero-order chi connectivity index (χ0) is 20.5. The summed E-state index contributed by atoms with van der Waals surface area (Å²) < 4.78 is 21.3. The first kappa shape index (κ1) is 23.3. The van der Waals surface area contributed by atoms with Gasteiger partial charge in [-0.25, -0.2) is 16.0 Å². The van der Waals surface area contributed by atoms with Gasteiger partial charge in [0.25, 0.3) is 5.89 Å². The second-order valence-corrected chi connectivity index (χ2v) is 6.34. The van der Waals surface area contributed by atoms with E-state index in [2.05, 4.69) is 37.3 Å². The maximum atomic E-state index is 14.5. The van der Waals surface area contributed by atoms with Gasteiger partial charge in [0, 0.05) is 24.2 Å². The Morgan fingerprint density at radius 2 is 1.72 bits per heavy atom.